The standard InChI is InChI=1S/C20H26N2O5S/c1-5-10-21-28(24,25)16-7-9-18(15(3)12-16)27-13-20(23)22-17-11-14(2)6-8-19(17)26-4/h6-9,11-12,21H,5,10,13H2,1-4H3,(H,22,23). The Bertz CT molecular complexity index is 942. The van der Waals surface area contributed by atoms with E-state index in [4.69, 9.17) is 9.47 Å². The van der Waals surface area contributed by atoms with E-state index in [0.29, 0.717) is 35.7 Å². The van der Waals surface area contributed by atoms with Gasteiger partial charge in [0.25, 0.3) is 5.91 Å². The number of sulfonamides is 1. The van der Waals surface area contributed by atoms with Gasteiger partial charge in [0.2, 0.25) is 10.0 Å². The highest BCUT2D eigenvalue weighted by Crippen LogP contribution is 2.25. The first-order valence-electron chi connectivity index (χ1n) is 8.94. The number of amides is 1. The van der Waals surface area contributed by atoms with Crippen LogP contribution in [0.15, 0.2) is 41.3 Å². The van der Waals surface area contributed by atoms with Gasteiger partial charge in [0.05, 0.1) is 17.7 Å². The molecule has 0 aromatic heterocycles. The van der Waals surface area contributed by atoms with Gasteiger partial charge in [0, 0.05) is 6.54 Å². The van der Waals surface area contributed by atoms with Crippen molar-refractivity contribution in [1.82, 2.24) is 4.72 Å². The number of carbonyl (C=O) groups is 1. The molecule has 0 aliphatic rings. The van der Waals surface area contributed by atoms with Gasteiger partial charge in [-0.25, -0.2) is 13.1 Å². The Morgan fingerprint density at radius 1 is 1.07 bits per heavy atom. The molecule has 0 radical (unpaired) electrons. The number of rotatable bonds is 9. The van der Waals surface area contributed by atoms with Crippen molar-refractivity contribution in [1.29, 1.82) is 0 Å². The molecule has 0 spiro atoms. The van der Waals surface area contributed by atoms with Crippen molar-refractivity contribution < 1.29 is 22.7 Å². The average molecular weight is 407 g/mol. The summed E-state index contributed by atoms with van der Waals surface area (Å²) >= 11 is 0. The van der Waals surface area contributed by atoms with Gasteiger partial charge >= 0.3 is 0 Å². The van der Waals surface area contributed by atoms with Crippen LogP contribution < -0.4 is 19.5 Å². The van der Waals surface area contributed by atoms with E-state index in [0.717, 1.165) is 5.56 Å². The van der Waals surface area contributed by atoms with Crippen molar-refractivity contribution in [2.24, 2.45) is 0 Å². The third-order valence-corrected chi connectivity index (χ3v) is 5.45. The van der Waals surface area contributed by atoms with E-state index < -0.39 is 10.0 Å². The van der Waals surface area contributed by atoms with Crippen LogP contribution in [0.4, 0.5) is 5.69 Å². The van der Waals surface area contributed by atoms with Crippen LogP contribution in [-0.2, 0) is 14.8 Å². The minimum Gasteiger partial charge on any atom is -0.495 e. The summed E-state index contributed by atoms with van der Waals surface area (Å²) in [7, 11) is -2.01. The van der Waals surface area contributed by atoms with Gasteiger partial charge < -0.3 is 14.8 Å². The highest BCUT2D eigenvalue weighted by molar-refractivity contribution is 7.89. The maximum absolute atomic E-state index is 12.2. The fraction of sp³-hybridized carbons (Fsp3) is 0.350. The fourth-order valence-corrected chi connectivity index (χ4v) is 3.74. The molecule has 0 heterocycles. The van der Waals surface area contributed by atoms with E-state index in [9.17, 15) is 13.2 Å². The minimum atomic E-state index is -3.54. The Morgan fingerprint density at radius 2 is 1.79 bits per heavy atom. The summed E-state index contributed by atoms with van der Waals surface area (Å²) in [6, 6.07) is 10.0. The quantitative estimate of drug-likeness (QED) is 0.668. The average Bonchev–Trinajstić information content (AvgIpc) is 2.65. The van der Waals surface area contributed by atoms with E-state index in [-0.39, 0.29) is 17.4 Å². The zero-order valence-electron chi connectivity index (χ0n) is 16.5. The molecule has 2 N–H and O–H groups in total. The molecular formula is C20H26N2O5S. The summed E-state index contributed by atoms with van der Waals surface area (Å²) in [6.45, 7) is 5.71. The Labute approximate surface area is 166 Å². The lowest BCUT2D eigenvalue weighted by molar-refractivity contribution is -0.118. The largest absolute Gasteiger partial charge is 0.495 e. The molecule has 2 aromatic carbocycles. The summed E-state index contributed by atoms with van der Waals surface area (Å²) in [4.78, 5) is 12.4. The number of nitrogens with one attached hydrogen (secondary N) is 2. The smallest absolute Gasteiger partial charge is 0.262 e. The second-order valence-corrected chi connectivity index (χ2v) is 8.13. The fourth-order valence-electron chi connectivity index (χ4n) is 2.52. The molecule has 0 bridgehead atoms. The Hall–Kier alpha value is -2.58. The molecule has 0 unspecified atom stereocenters. The molecule has 0 saturated carbocycles. The first-order valence-corrected chi connectivity index (χ1v) is 10.4. The predicted molar refractivity (Wildman–Crippen MR) is 109 cm³/mol. The van der Waals surface area contributed by atoms with Crippen LogP contribution in [0.2, 0.25) is 0 Å². The zero-order chi connectivity index (χ0) is 20.7. The lowest BCUT2D eigenvalue weighted by Gasteiger charge is -2.13. The molecule has 0 fully saturated rings. The molecule has 28 heavy (non-hydrogen) atoms. The molecule has 0 aliphatic heterocycles. The van der Waals surface area contributed by atoms with Crippen molar-refractivity contribution in [3.05, 3.63) is 47.5 Å². The van der Waals surface area contributed by atoms with Crippen LogP contribution in [0.3, 0.4) is 0 Å². The molecule has 152 valence electrons. The van der Waals surface area contributed by atoms with Crippen LogP contribution in [0.5, 0.6) is 11.5 Å². The van der Waals surface area contributed by atoms with E-state index in [1.165, 1.54) is 19.2 Å². The zero-order valence-corrected chi connectivity index (χ0v) is 17.4. The first kappa shape index (κ1) is 21.7. The second kappa shape index (κ2) is 9.57. The van der Waals surface area contributed by atoms with Crippen LogP contribution in [-0.4, -0.2) is 34.6 Å². The number of hydrogen-bond donors (Lipinski definition) is 2. The number of benzene rings is 2. The lowest BCUT2D eigenvalue weighted by Crippen LogP contribution is -2.24. The SMILES string of the molecule is CCCNS(=O)(=O)c1ccc(OCC(=O)Nc2cc(C)ccc2OC)c(C)c1. The van der Waals surface area contributed by atoms with Gasteiger partial charge in [-0.2, -0.15) is 0 Å². The van der Waals surface area contributed by atoms with Gasteiger partial charge in [0.15, 0.2) is 6.61 Å². The number of ether oxygens (including phenoxy) is 2. The lowest BCUT2D eigenvalue weighted by atomic mass is 10.2. The highest BCUT2D eigenvalue weighted by atomic mass is 32.2. The molecule has 0 atom stereocenters. The van der Waals surface area contributed by atoms with Gasteiger partial charge in [-0.3, -0.25) is 4.79 Å². The van der Waals surface area contributed by atoms with Gasteiger partial charge in [-0.05, 0) is 61.7 Å². The van der Waals surface area contributed by atoms with Crippen LogP contribution in [0, 0.1) is 13.8 Å². The first-order chi connectivity index (χ1) is 13.3. The number of hydrogen-bond acceptors (Lipinski definition) is 5. The summed E-state index contributed by atoms with van der Waals surface area (Å²) in [6.07, 6.45) is 0.709. The number of carbonyl (C=O) groups excluding carboxylic acids is 1. The van der Waals surface area contributed by atoms with Crippen molar-refractivity contribution in [3.63, 3.8) is 0 Å². The van der Waals surface area contributed by atoms with Crippen molar-refractivity contribution in [3.8, 4) is 11.5 Å². The third kappa shape index (κ3) is 5.71. The molecule has 2 aromatic rings. The predicted octanol–water partition coefficient (Wildman–Crippen LogP) is 3.02. The highest BCUT2D eigenvalue weighted by Gasteiger charge is 2.15. The van der Waals surface area contributed by atoms with Crippen LogP contribution in [0.1, 0.15) is 24.5 Å². The normalized spacial score (nSPS) is 11.1. The van der Waals surface area contributed by atoms with Gasteiger partial charge in [-0.1, -0.05) is 13.0 Å². The third-order valence-electron chi connectivity index (χ3n) is 3.99. The topological polar surface area (TPSA) is 93.7 Å². The van der Waals surface area contributed by atoms with Gasteiger partial charge in [0.1, 0.15) is 11.5 Å². The Kier molecular flexibility index (Phi) is 7.42. The molecular weight excluding hydrogens is 380 g/mol. The summed E-state index contributed by atoms with van der Waals surface area (Å²) in [5.41, 5.74) is 2.18. The Balaban J connectivity index is 2.03. The van der Waals surface area contributed by atoms with E-state index in [1.54, 1.807) is 19.1 Å². The summed E-state index contributed by atoms with van der Waals surface area (Å²) in [5.74, 6) is 0.662. The number of methoxy groups -OCH3 is 1. The maximum Gasteiger partial charge on any atom is 0.262 e. The monoisotopic (exact) mass is 406 g/mol. The van der Waals surface area contributed by atoms with E-state index in [1.807, 2.05) is 26.0 Å². The molecule has 0 aliphatic carbocycles. The van der Waals surface area contributed by atoms with Crippen LogP contribution in [0.25, 0.3) is 0 Å². The molecule has 8 heteroatoms. The maximum atomic E-state index is 12.2. The second-order valence-electron chi connectivity index (χ2n) is 6.37. The van der Waals surface area contributed by atoms with Crippen molar-refractivity contribution in [2.75, 3.05) is 25.6 Å². The molecule has 1 amide bonds. The summed E-state index contributed by atoms with van der Waals surface area (Å²) < 4.78 is 37.7. The molecule has 0 saturated heterocycles. The van der Waals surface area contributed by atoms with Crippen LogP contribution >= 0.6 is 0 Å². The molecule has 2 rings (SSSR count). The van der Waals surface area contributed by atoms with E-state index >= 15 is 0 Å². The number of aryl methyl sites for hydroxylation is 2. The number of anilines is 1. The Morgan fingerprint density at radius 3 is 2.43 bits per heavy atom. The van der Waals surface area contributed by atoms with Crippen molar-refractivity contribution in [2.45, 2.75) is 32.1 Å². The minimum absolute atomic E-state index is 0.166. The summed E-state index contributed by atoms with van der Waals surface area (Å²) in [5, 5.41) is 2.76. The van der Waals surface area contributed by atoms with Crippen molar-refractivity contribution >= 4 is 21.6 Å². The van der Waals surface area contributed by atoms with Gasteiger partial charge in [-0.15, -0.1) is 0 Å². The van der Waals surface area contributed by atoms with E-state index in [2.05, 4.69) is 10.0 Å². The molecule has 7 nitrogen and oxygen atoms in total.